The van der Waals surface area contributed by atoms with Gasteiger partial charge in [-0.2, -0.15) is 13.2 Å². The molecule has 1 fully saturated rings. The minimum absolute atomic E-state index is 0.0570. The lowest BCUT2D eigenvalue weighted by Crippen LogP contribution is -2.32. The van der Waals surface area contributed by atoms with Crippen LogP contribution >= 0.6 is 0 Å². The molecule has 1 saturated heterocycles. The largest absolute Gasteiger partial charge is 0.419 e. The summed E-state index contributed by atoms with van der Waals surface area (Å²) in [5.41, 5.74) is -1.11. The van der Waals surface area contributed by atoms with E-state index in [0.717, 1.165) is 12.1 Å². The minimum Gasteiger partial charge on any atom is -0.419 e. The van der Waals surface area contributed by atoms with Crippen LogP contribution in [-0.2, 0) is 16.4 Å². The fourth-order valence-corrected chi connectivity index (χ4v) is 3.04. The van der Waals surface area contributed by atoms with Crippen molar-refractivity contribution in [2.45, 2.75) is 24.9 Å². The van der Waals surface area contributed by atoms with Gasteiger partial charge in [0.2, 0.25) is 11.8 Å². The molecule has 3 N–H and O–H groups in total. The summed E-state index contributed by atoms with van der Waals surface area (Å²) in [7, 11) is 0. The summed E-state index contributed by atoms with van der Waals surface area (Å²) in [4.78, 5) is 16.4. The molecule has 2 aromatic heterocycles. The van der Waals surface area contributed by atoms with Gasteiger partial charge in [0, 0.05) is 18.3 Å². The molecule has 1 aromatic carbocycles. The predicted molar refractivity (Wildman–Crippen MR) is 100 cm³/mol. The smallest absolute Gasteiger partial charge is 0.416 e. The molecule has 3 heterocycles. The summed E-state index contributed by atoms with van der Waals surface area (Å²) in [5, 5.41) is 21.0. The van der Waals surface area contributed by atoms with Gasteiger partial charge in [0.05, 0.1) is 11.1 Å². The van der Waals surface area contributed by atoms with Gasteiger partial charge in [0.1, 0.15) is 17.1 Å². The average molecular weight is 416 g/mol. The number of amides is 1. The Morgan fingerprint density at radius 3 is 2.57 bits per heavy atom. The van der Waals surface area contributed by atoms with Crippen LogP contribution in [0.3, 0.4) is 0 Å². The number of hydrogen-bond donors (Lipinski definition) is 3. The molecule has 30 heavy (non-hydrogen) atoms. The predicted octanol–water partition coefficient (Wildman–Crippen LogP) is 3.65. The molecule has 8 nitrogen and oxygen atoms in total. The molecule has 0 spiro atoms. The second-order valence-electron chi connectivity index (χ2n) is 6.95. The maximum atomic E-state index is 12.7. The molecule has 1 aliphatic heterocycles. The van der Waals surface area contributed by atoms with Crippen LogP contribution in [0.1, 0.15) is 24.8 Å². The normalized spacial score (nSPS) is 19.1. The fraction of sp³-hybridized carbons (Fsp3) is 0.211. The zero-order valence-electron chi connectivity index (χ0n) is 15.5. The standard InChI is InChI=1S/C19H15F3N6O2/c1-18(9-13(23)26-16(18)29)17-28-27-15(30-17)12-3-2-8-24-14(12)25-11-6-4-10(5-7-11)19(20,21)22/h2-8H,9H2,1H3,(H,24,25)(H2,23,26,29). The number of hydrogen-bond acceptors (Lipinski definition) is 7. The second kappa shape index (κ2) is 6.94. The Labute approximate surface area is 168 Å². The molecule has 3 aromatic rings. The summed E-state index contributed by atoms with van der Waals surface area (Å²) in [6.07, 6.45) is -2.81. The molecule has 1 atom stereocenters. The molecule has 1 unspecified atom stereocenters. The van der Waals surface area contributed by atoms with Crippen LogP contribution in [0.2, 0.25) is 0 Å². The van der Waals surface area contributed by atoms with Crippen LogP contribution in [0, 0.1) is 5.41 Å². The van der Waals surface area contributed by atoms with E-state index in [1.54, 1.807) is 19.1 Å². The number of carbonyl (C=O) groups is 1. The van der Waals surface area contributed by atoms with E-state index in [4.69, 9.17) is 9.83 Å². The maximum absolute atomic E-state index is 12.7. The van der Waals surface area contributed by atoms with Gasteiger partial charge < -0.3 is 15.1 Å². The van der Waals surface area contributed by atoms with Crippen molar-refractivity contribution in [3.05, 3.63) is 54.0 Å². The fourth-order valence-electron chi connectivity index (χ4n) is 3.04. The summed E-state index contributed by atoms with van der Waals surface area (Å²) in [6, 6.07) is 7.78. The number of amidine groups is 1. The Kier molecular flexibility index (Phi) is 4.52. The first-order valence-electron chi connectivity index (χ1n) is 8.79. The monoisotopic (exact) mass is 416 g/mol. The molecule has 1 amide bonds. The number of rotatable bonds is 4. The van der Waals surface area contributed by atoms with Gasteiger partial charge in [-0.1, -0.05) is 0 Å². The van der Waals surface area contributed by atoms with Crippen LogP contribution in [0.5, 0.6) is 0 Å². The topological polar surface area (TPSA) is 117 Å². The van der Waals surface area contributed by atoms with Gasteiger partial charge in [-0.05, 0) is 43.3 Å². The van der Waals surface area contributed by atoms with Gasteiger partial charge in [-0.15, -0.1) is 10.2 Å². The van der Waals surface area contributed by atoms with Gasteiger partial charge >= 0.3 is 6.18 Å². The lowest BCUT2D eigenvalue weighted by Gasteiger charge is -2.13. The van der Waals surface area contributed by atoms with Crippen molar-refractivity contribution in [2.75, 3.05) is 5.32 Å². The summed E-state index contributed by atoms with van der Waals surface area (Å²) < 4.78 is 43.9. The molecule has 0 radical (unpaired) electrons. The number of benzene rings is 1. The lowest BCUT2D eigenvalue weighted by molar-refractivity contribution is -0.137. The molecular formula is C19H15F3N6O2. The minimum atomic E-state index is -4.42. The third kappa shape index (κ3) is 3.49. The van der Waals surface area contributed by atoms with Crippen LogP contribution in [-0.4, -0.2) is 26.9 Å². The first kappa shape index (κ1) is 19.6. The highest BCUT2D eigenvalue weighted by molar-refractivity contribution is 6.09. The number of halogens is 3. The Bertz CT molecular complexity index is 1130. The number of carbonyl (C=O) groups excluding carboxylic acids is 1. The Balaban J connectivity index is 1.63. The van der Waals surface area contributed by atoms with E-state index in [0.29, 0.717) is 17.1 Å². The summed E-state index contributed by atoms with van der Waals surface area (Å²) in [5.74, 6) is 0.0908. The van der Waals surface area contributed by atoms with E-state index < -0.39 is 23.1 Å². The van der Waals surface area contributed by atoms with E-state index in [2.05, 4.69) is 25.8 Å². The molecule has 1 aliphatic rings. The molecule has 154 valence electrons. The lowest BCUT2D eigenvalue weighted by atomic mass is 9.89. The highest BCUT2D eigenvalue weighted by Gasteiger charge is 2.47. The molecular weight excluding hydrogens is 401 g/mol. The van der Waals surface area contributed by atoms with E-state index in [1.165, 1.54) is 18.3 Å². The van der Waals surface area contributed by atoms with Crippen molar-refractivity contribution in [1.29, 1.82) is 5.41 Å². The number of alkyl halides is 3. The Hall–Kier alpha value is -3.76. The second-order valence-corrected chi connectivity index (χ2v) is 6.95. The van der Waals surface area contributed by atoms with Gasteiger partial charge in [0.25, 0.3) is 5.89 Å². The average Bonchev–Trinajstić information content (AvgIpc) is 3.27. The van der Waals surface area contributed by atoms with E-state index in [9.17, 15) is 18.0 Å². The van der Waals surface area contributed by atoms with E-state index in [-0.39, 0.29) is 24.0 Å². The highest BCUT2D eigenvalue weighted by atomic mass is 19.4. The molecule has 0 bridgehead atoms. The van der Waals surface area contributed by atoms with Crippen molar-refractivity contribution < 1.29 is 22.4 Å². The number of anilines is 2. The van der Waals surface area contributed by atoms with Crippen molar-refractivity contribution in [2.24, 2.45) is 0 Å². The third-order valence-electron chi connectivity index (χ3n) is 4.71. The number of nitrogens with zero attached hydrogens (tertiary/aromatic N) is 3. The van der Waals surface area contributed by atoms with E-state index >= 15 is 0 Å². The first-order chi connectivity index (χ1) is 14.2. The third-order valence-corrected chi connectivity index (χ3v) is 4.71. The summed E-state index contributed by atoms with van der Waals surface area (Å²) >= 11 is 0. The summed E-state index contributed by atoms with van der Waals surface area (Å²) in [6.45, 7) is 1.60. The first-order valence-corrected chi connectivity index (χ1v) is 8.79. The number of nitrogens with one attached hydrogen (secondary N) is 3. The van der Waals surface area contributed by atoms with Crippen LogP contribution in [0.4, 0.5) is 24.7 Å². The highest BCUT2D eigenvalue weighted by Crippen LogP contribution is 2.35. The van der Waals surface area contributed by atoms with Crippen LogP contribution in [0.15, 0.2) is 47.0 Å². The maximum Gasteiger partial charge on any atom is 0.416 e. The number of pyridine rings is 1. The number of aromatic nitrogens is 3. The van der Waals surface area contributed by atoms with Crippen LogP contribution < -0.4 is 10.6 Å². The quantitative estimate of drug-likeness (QED) is 0.598. The molecule has 0 aliphatic carbocycles. The molecule has 4 rings (SSSR count). The van der Waals surface area contributed by atoms with Gasteiger partial charge in [-0.25, -0.2) is 4.98 Å². The van der Waals surface area contributed by atoms with Gasteiger partial charge in [-0.3, -0.25) is 10.2 Å². The Morgan fingerprint density at radius 2 is 1.93 bits per heavy atom. The van der Waals surface area contributed by atoms with Crippen molar-refractivity contribution in [3.8, 4) is 11.5 Å². The van der Waals surface area contributed by atoms with Crippen LogP contribution in [0.25, 0.3) is 11.5 Å². The van der Waals surface area contributed by atoms with Crippen molar-refractivity contribution >= 4 is 23.2 Å². The zero-order chi connectivity index (χ0) is 21.5. The van der Waals surface area contributed by atoms with Crippen molar-refractivity contribution in [3.63, 3.8) is 0 Å². The SMILES string of the molecule is CC1(c2nnc(-c3cccnc3Nc3ccc(C(F)(F)F)cc3)o2)CC(=N)NC1=O. The molecule has 0 saturated carbocycles. The van der Waals surface area contributed by atoms with Gasteiger partial charge in [0.15, 0.2) is 0 Å². The van der Waals surface area contributed by atoms with E-state index in [1.807, 2.05) is 0 Å². The Morgan fingerprint density at radius 1 is 1.20 bits per heavy atom. The zero-order valence-corrected chi connectivity index (χ0v) is 15.5. The molecule has 11 heteroatoms. The van der Waals surface area contributed by atoms with Crippen molar-refractivity contribution in [1.82, 2.24) is 20.5 Å².